The lowest BCUT2D eigenvalue weighted by Gasteiger charge is -2.13. The summed E-state index contributed by atoms with van der Waals surface area (Å²) in [7, 11) is 0. The summed E-state index contributed by atoms with van der Waals surface area (Å²) in [4.78, 5) is 4.29. The van der Waals surface area contributed by atoms with E-state index in [-0.39, 0.29) is 12.5 Å². The van der Waals surface area contributed by atoms with Crippen molar-refractivity contribution >= 4 is 0 Å². The predicted octanol–water partition coefficient (Wildman–Crippen LogP) is 2.40. The third kappa shape index (κ3) is 2.67. The van der Waals surface area contributed by atoms with Crippen molar-refractivity contribution in [2.45, 2.75) is 12.3 Å². The minimum absolute atomic E-state index is 0.0867. The van der Waals surface area contributed by atoms with Crippen LogP contribution in [0.2, 0.25) is 0 Å². The van der Waals surface area contributed by atoms with E-state index < -0.39 is 0 Å². The smallest absolute Gasteiger partial charge is 0.0518 e. The molecule has 0 bridgehead atoms. The lowest BCUT2D eigenvalue weighted by molar-refractivity contribution is 0.262. The fourth-order valence-electron chi connectivity index (χ4n) is 1.78. The van der Waals surface area contributed by atoms with Crippen LogP contribution in [-0.4, -0.2) is 16.7 Å². The van der Waals surface area contributed by atoms with E-state index in [0.29, 0.717) is 0 Å². The monoisotopic (exact) mass is 213 g/mol. The van der Waals surface area contributed by atoms with Gasteiger partial charge in [0.2, 0.25) is 0 Å². The summed E-state index contributed by atoms with van der Waals surface area (Å²) in [5.41, 5.74) is 2.18. The van der Waals surface area contributed by atoms with Crippen molar-refractivity contribution < 1.29 is 5.11 Å². The summed E-state index contributed by atoms with van der Waals surface area (Å²) in [5, 5.41) is 9.40. The van der Waals surface area contributed by atoms with E-state index in [1.54, 1.807) is 6.20 Å². The van der Waals surface area contributed by atoms with E-state index in [2.05, 4.69) is 17.1 Å². The Balaban J connectivity index is 2.13. The van der Waals surface area contributed by atoms with E-state index in [1.165, 1.54) is 5.56 Å². The van der Waals surface area contributed by atoms with Gasteiger partial charge in [-0.15, -0.1) is 0 Å². The molecule has 0 aliphatic rings. The minimum Gasteiger partial charge on any atom is -0.396 e. The summed E-state index contributed by atoms with van der Waals surface area (Å²) in [6.07, 6.45) is 2.59. The van der Waals surface area contributed by atoms with E-state index in [1.807, 2.05) is 36.4 Å². The second-order valence-corrected chi connectivity index (χ2v) is 3.82. The maximum atomic E-state index is 9.40. The van der Waals surface area contributed by atoms with Crippen LogP contribution in [0.1, 0.15) is 17.2 Å². The van der Waals surface area contributed by atoms with E-state index in [0.717, 1.165) is 12.1 Å². The van der Waals surface area contributed by atoms with Crippen molar-refractivity contribution in [2.75, 3.05) is 6.61 Å². The molecule has 1 aromatic carbocycles. The van der Waals surface area contributed by atoms with Crippen LogP contribution >= 0.6 is 0 Å². The molecule has 1 unspecified atom stereocenters. The molecule has 0 aliphatic carbocycles. The molecule has 2 nitrogen and oxygen atoms in total. The molecule has 0 spiro atoms. The number of nitrogens with zero attached hydrogens (tertiary/aromatic N) is 1. The highest BCUT2D eigenvalue weighted by molar-refractivity contribution is 5.19. The van der Waals surface area contributed by atoms with Gasteiger partial charge in [-0.25, -0.2) is 0 Å². The van der Waals surface area contributed by atoms with Crippen LogP contribution in [0.25, 0.3) is 0 Å². The van der Waals surface area contributed by atoms with Crippen molar-refractivity contribution in [3.05, 3.63) is 66.0 Å². The van der Waals surface area contributed by atoms with Gasteiger partial charge in [0.15, 0.2) is 0 Å². The Bertz CT molecular complexity index is 413. The Morgan fingerprint density at radius 2 is 1.75 bits per heavy atom. The molecular formula is C14H15NO. The lowest BCUT2D eigenvalue weighted by atomic mass is 9.96. The third-order valence-electron chi connectivity index (χ3n) is 2.65. The molecule has 16 heavy (non-hydrogen) atoms. The molecule has 1 heterocycles. The topological polar surface area (TPSA) is 33.1 Å². The van der Waals surface area contributed by atoms with Gasteiger partial charge in [-0.1, -0.05) is 36.4 Å². The van der Waals surface area contributed by atoms with Crippen LogP contribution in [0.15, 0.2) is 54.7 Å². The maximum absolute atomic E-state index is 9.40. The fourth-order valence-corrected chi connectivity index (χ4v) is 1.78. The molecular weight excluding hydrogens is 198 g/mol. The minimum atomic E-state index is 0.0867. The van der Waals surface area contributed by atoms with Crippen LogP contribution in [0.4, 0.5) is 0 Å². The van der Waals surface area contributed by atoms with Crippen molar-refractivity contribution in [3.63, 3.8) is 0 Å². The average Bonchev–Trinajstić information content (AvgIpc) is 2.38. The molecule has 2 rings (SSSR count). The molecule has 1 atom stereocenters. The Morgan fingerprint density at radius 3 is 2.38 bits per heavy atom. The van der Waals surface area contributed by atoms with Crippen molar-refractivity contribution in [1.82, 2.24) is 4.98 Å². The van der Waals surface area contributed by atoms with Gasteiger partial charge in [-0.2, -0.15) is 0 Å². The number of pyridine rings is 1. The zero-order valence-electron chi connectivity index (χ0n) is 9.08. The van der Waals surface area contributed by atoms with E-state index in [9.17, 15) is 5.11 Å². The summed E-state index contributed by atoms with van der Waals surface area (Å²) < 4.78 is 0. The standard InChI is InChI=1S/C14H15NO/c16-11-13(14-8-4-5-9-15-14)10-12-6-2-1-3-7-12/h1-9,13,16H,10-11H2. The average molecular weight is 213 g/mol. The number of rotatable bonds is 4. The zero-order valence-corrected chi connectivity index (χ0v) is 9.08. The maximum Gasteiger partial charge on any atom is 0.0518 e. The van der Waals surface area contributed by atoms with Crippen LogP contribution in [-0.2, 0) is 6.42 Å². The molecule has 0 saturated heterocycles. The van der Waals surface area contributed by atoms with Crippen LogP contribution in [0.5, 0.6) is 0 Å². The zero-order chi connectivity index (χ0) is 11.2. The van der Waals surface area contributed by atoms with E-state index in [4.69, 9.17) is 0 Å². The second kappa shape index (κ2) is 5.42. The first-order chi connectivity index (χ1) is 7.90. The van der Waals surface area contributed by atoms with Crippen LogP contribution < -0.4 is 0 Å². The first kappa shape index (κ1) is 10.8. The highest BCUT2D eigenvalue weighted by Gasteiger charge is 2.11. The number of benzene rings is 1. The van der Waals surface area contributed by atoms with Crippen LogP contribution in [0, 0.1) is 0 Å². The van der Waals surface area contributed by atoms with Crippen molar-refractivity contribution in [2.24, 2.45) is 0 Å². The first-order valence-corrected chi connectivity index (χ1v) is 5.46. The van der Waals surface area contributed by atoms with Crippen molar-refractivity contribution in [1.29, 1.82) is 0 Å². The molecule has 0 radical (unpaired) electrons. The van der Waals surface area contributed by atoms with Gasteiger partial charge in [-0.3, -0.25) is 4.98 Å². The van der Waals surface area contributed by atoms with Crippen LogP contribution in [0.3, 0.4) is 0 Å². The molecule has 0 saturated carbocycles. The Labute approximate surface area is 95.6 Å². The lowest BCUT2D eigenvalue weighted by Crippen LogP contribution is -2.09. The second-order valence-electron chi connectivity index (χ2n) is 3.82. The van der Waals surface area contributed by atoms with Gasteiger partial charge in [-0.05, 0) is 24.1 Å². The molecule has 0 aliphatic heterocycles. The Morgan fingerprint density at radius 1 is 1.00 bits per heavy atom. The van der Waals surface area contributed by atoms with Gasteiger partial charge < -0.3 is 5.11 Å². The highest BCUT2D eigenvalue weighted by atomic mass is 16.3. The number of hydrogen-bond acceptors (Lipinski definition) is 2. The molecule has 2 heteroatoms. The quantitative estimate of drug-likeness (QED) is 0.846. The molecule has 1 aromatic heterocycles. The predicted molar refractivity (Wildman–Crippen MR) is 64.2 cm³/mol. The molecule has 0 amide bonds. The van der Waals surface area contributed by atoms with Gasteiger partial charge in [0.1, 0.15) is 0 Å². The summed E-state index contributed by atoms with van der Waals surface area (Å²) in [6, 6.07) is 16.0. The normalized spacial score (nSPS) is 12.3. The number of aliphatic hydroxyl groups excluding tert-OH is 1. The first-order valence-electron chi connectivity index (χ1n) is 5.46. The largest absolute Gasteiger partial charge is 0.396 e. The van der Waals surface area contributed by atoms with E-state index >= 15 is 0 Å². The molecule has 2 aromatic rings. The van der Waals surface area contributed by atoms with Gasteiger partial charge in [0, 0.05) is 17.8 Å². The summed E-state index contributed by atoms with van der Waals surface area (Å²) in [6.45, 7) is 0.131. The van der Waals surface area contributed by atoms with Gasteiger partial charge in [0.25, 0.3) is 0 Å². The number of aromatic nitrogens is 1. The Kier molecular flexibility index (Phi) is 3.67. The van der Waals surface area contributed by atoms with Gasteiger partial charge in [0.05, 0.1) is 6.61 Å². The molecule has 1 N–H and O–H groups in total. The van der Waals surface area contributed by atoms with Crippen molar-refractivity contribution in [3.8, 4) is 0 Å². The summed E-state index contributed by atoms with van der Waals surface area (Å²) in [5.74, 6) is 0.0867. The number of hydrogen-bond donors (Lipinski definition) is 1. The van der Waals surface area contributed by atoms with Gasteiger partial charge >= 0.3 is 0 Å². The highest BCUT2D eigenvalue weighted by Crippen LogP contribution is 2.18. The summed E-state index contributed by atoms with van der Waals surface area (Å²) >= 11 is 0. The Hall–Kier alpha value is -1.67. The number of aliphatic hydroxyl groups is 1. The fraction of sp³-hybridized carbons (Fsp3) is 0.214. The third-order valence-corrected chi connectivity index (χ3v) is 2.65. The SMILES string of the molecule is OCC(Cc1ccccc1)c1ccccn1. The molecule has 0 fully saturated rings. The molecule has 82 valence electrons.